The summed E-state index contributed by atoms with van der Waals surface area (Å²) in [6.07, 6.45) is -1.86. The zero-order valence-corrected chi connectivity index (χ0v) is 6.27. The number of esters is 1. The van der Waals surface area contributed by atoms with Gasteiger partial charge in [0.15, 0.2) is 0 Å². The maximum Gasteiger partial charge on any atom is 0.344 e. The van der Waals surface area contributed by atoms with E-state index < -0.39 is 17.8 Å². The predicted molar refractivity (Wildman–Crippen MR) is 34.6 cm³/mol. The highest BCUT2D eigenvalue weighted by Crippen LogP contribution is 2.39. The molecule has 0 bridgehead atoms. The van der Waals surface area contributed by atoms with Crippen LogP contribution in [0.1, 0.15) is 19.8 Å². The number of carbonyl (C=O) groups is 1. The Kier molecular flexibility index (Phi) is 2.11. The van der Waals surface area contributed by atoms with Crippen LogP contribution in [0.4, 0.5) is 8.78 Å². The van der Waals surface area contributed by atoms with Gasteiger partial charge in [0.1, 0.15) is 6.17 Å². The van der Waals surface area contributed by atoms with E-state index in [9.17, 15) is 13.6 Å². The van der Waals surface area contributed by atoms with Gasteiger partial charge in [0.25, 0.3) is 0 Å². The zero-order chi connectivity index (χ0) is 8.48. The van der Waals surface area contributed by atoms with Crippen LogP contribution in [0.25, 0.3) is 0 Å². The predicted octanol–water partition coefficient (Wildman–Crippen LogP) is 1.39. The molecule has 0 aliphatic heterocycles. The second-order valence-corrected chi connectivity index (χ2v) is 2.69. The topological polar surface area (TPSA) is 26.3 Å². The molecule has 0 aromatic heterocycles. The first-order valence-corrected chi connectivity index (χ1v) is 3.58. The summed E-state index contributed by atoms with van der Waals surface area (Å²) < 4.78 is 29.6. The van der Waals surface area contributed by atoms with Gasteiger partial charge in [-0.25, -0.2) is 13.6 Å². The molecule has 0 atom stereocenters. The minimum atomic E-state index is -2.03. The van der Waals surface area contributed by atoms with E-state index >= 15 is 0 Å². The Hall–Kier alpha value is -0.670. The molecule has 1 rings (SSSR count). The minimum Gasteiger partial charge on any atom is -0.464 e. The second-order valence-electron chi connectivity index (χ2n) is 2.69. The second kappa shape index (κ2) is 2.75. The van der Waals surface area contributed by atoms with Gasteiger partial charge >= 0.3 is 5.97 Å². The largest absolute Gasteiger partial charge is 0.464 e. The van der Waals surface area contributed by atoms with Crippen LogP contribution in [0.3, 0.4) is 0 Å². The van der Waals surface area contributed by atoms with Crippen LogP contribution in [0.2, 0.25) is 0 Å². The van der Waals surface area contributed by atoms with Gasteiger partial charge in [-0.15, -0.1) is 0 Å². The molecule has 1 fully saturated rings. The highest BCUT2D eigenvalue weighted by atomic mass is 19.2. The van der Waals surface area contributed by atoms with E-state index in [2.05, 4.69) is 4.74 Å². The zero-order valence-electron chi connectivity index (χ0n) is 6.27. The number of ether oxygens (including phenoxy) is 1. The minimum absolute atomic E-state index is 0.140. The molecule has 0 N–H and O–H groups in total. The molecule has 0 radical (unpaired) electrons. The summed E-state index contributed by atoms with van der Waals surface area (Å²) in [5.74, 6) is -0.922. The molecule has 1 aliphatic rings. The quantitative estimate of drug-likeness (QED) is 0.576. The monoisotopic (exact) mass is 164 g/mol. The molecule has 2 nitrogen and oxygen atoms in total. The number of carbonyl (C=O) groups excluding carboxylic acids is 1. The van der Waals surface area contributed by atoms with Crippen LogP contribution in [-0.4, -0.2) is 24.4 Å². The fourth-order valence-corrected chi connectivity index (χ4v) is 1.07. The fraction of sp³-hybridized carbons (Fsp3) is 0.857. The summed E-state index contributed by atoms with van der Waals surface area (Å²) in [5, 5.41) is 0. The van der Waals surface area contributed by atoms with Gasteiger partial charge < -0.3 is 4.74 Å². The molecule has 0 unspecified atom stereocenters. The molecule has 0 saturated heterocycles. The third-order valence-corrected chi connectivity index (χ3v) is 1.73. The lowest BCUT2D eigenvalue weighted by Crippen LogP contribution is -2.48. The molecular weight excluding hydrogens is 154 g/mol. The molecule has 1 aliphatic carbocycles. The summed E-state index contributed by atoms with van der Waals surface area (Å²) in [5.41, 5.74) is -2.03. The lowest BCUT2D eigenvalue weighted by Gasteiger charge is -2.33. The van der Waals surface area contributed by atoms with Gasteiger partial charge in [0, 0.05) is 12.8 Å². The van der Waals surface area contributed by atoms with Crippen molar-refractivity contribution in [3.8, 4) is 0 Å². The molecule has 4 heteroatoms. The summed E-state index contributed by atoms with van der Waals surface area (Å²) in [6, 6.07) is 0. The van der Waals surface area contributed by atoms with E-state index in [-0.39, 0.29) is 19.4 Å². The molecule has 0 aromatic carbocycles. The number of alkyl halides is 2. The average molecular weight is 164 g/mol. The number of rotatable bonds is 2. The fourth-order valence-electron chi connectivity index (χ4n) is 1.07. The molecule has 11 heavy (non-hydrogen) atoms. The molecular formula is C7H10F2O2. The van der Waals surface area contributed by atoms with Crippen molar-refractivity contribution in [1.29, 1.82) is 0 Å². The number of hydrogen-bond donors (Lipinski definition) is 0. The van der Waals surface area contributed by atoms with Crippen molar-refractivity contribution >= 4 is 5.97 Å². The first kappa shape index (κ1) is 8.43. The third-order valence-electron chi connectivity index (χ3n) is 1.73. The van der Waals surface area contributed by atoms with Crippen molar-refractivity contribution < 1.29 is 18.3 Å². The molecule has 64 valence electrons. The van der Waals surface area contributed by atoms with E-state index in [1.165, 1.54) is 0 Å². The van der Waals surface area contributed by atoms with Crippen LogP contribution in [0.15, 0.2) is 0 Å². The van der Waals surface area contributed by atoms with Crippen LogP contribution in [0.5, 0.6) is 0 Å². The summed E-state index contributed by atoms with van der Waals surface area (Å²) >= 11 is 0. The van der Waals surface area contributed by atoms with Crippen LogP contribution in [0, 0.1) is 0 Å². The van der Waals surface area contributed by atoms with Crippen molar-refractivity contribution in [2.24, 2.45) is 0 Å². The van der Waals surface area contributed by atoms with Gasteiger partial charge in [0.05, 0.1) is 6.61 Å². The highest BCUT2D eigenvalue weighted by Gasteiger charge is 2.52. The standard InChI is InChI=1S/C7H10F2O2/c1-2-11-6(10)7(9)3-5(8)4-7/h5H,2-4H2,1H3. The Bertz CT molecular complexity index is 164. The van der Waals surface area contributed by atoms with Crippen LogP contribution in [-0.2, 0) is 9.53 Å². The van der Waals surface area contributed by atoms with E-state index in [4.69, 9.17) is 0 Å². The van der Waals surface area contributed by atoms with E-state index in [0.29, 0.717) is 0 Å². The van der Waals surface area contributed by atoms with Crippen molar-refractivity contribution in [3.05, 3.63) is 0 Å². The van der Waals surface area contributed by atoms with Crippen LogP contribution < -0.4 is 0 Å². The Morgan fingerprint density at radius 1 is 1.73 bits per heavy atom. The first-order valence-electron chi connectivity index (χ1n) is 3.58. The highest BCUT2D eigenvalue weighted by molar-refractivity contribution is 5.80. The third kappa shape index (κ3) is 1.49. The maximum absolute atomic E-state index is 13.0. The van der Waals surface area contributed by atoms with Gasteiger partial charge in [-0.05, 0) is 6.92 Å². The van der Waals surface area contributed by atoms with Crippen molar-refractivity contribution in [1.82, 2.24) is 0 Å². The SMILES string of the molecule is CCOC(=O)C1(F)CC(F)C1. The average Bonchev–Trinajstić information content (AvgIpc) is 1.85. The summed E-state index contributed by atoms with van der Waals surface area (Å²) in [4.78, 5) is 10.7. The smallest absolute Gasteiger partial charge is 0.344 e. The van der Waals surface area contributed by atoms with E-state index in [1.54, 1.807) is 6.92 Å². The van der Waals surface area contributed by atoms with E-state index in [0.717, 1.165) is 0 Å². The maximum atomic E-state index is 13.0. The number of halogens is 2. The van der Waals surface area contributed by atoms with Gasteiger partial charge in [-0.2, -0.15) is 0 Å². The Morgan fingerprint density at radius 2 is 2.27 bits per heavy atom. The molecule has 0 aromatic rings. The molecule has 0 heterocycles. The Morgan fingerprint density at radius 3 is 2.64 bits per heavy atom. The lowest BCUT2D eigenvalue weighted by molar-refractivity contribution is -0.168. The van der Waals surface area contributed by atoms with E-state index in [1.807, 2.05) is 0 Å². The summed E-state index contributed by atoms with van der Waals surface area (Å²) in [7, 11) is 0. The van der Waals surface area contributed by atoms with Gasteiger partial charge in [-0.3, -0.25) is 0 Å². The normalized spacial score (nSPS) is 36.1. The van der Waals surface area contributed by atoms with Crippen LogP contribution >= 0.6 is 0 Å². The first-order chi connectivity index (χ1) is 5.08. The lowest BCUT2D eigenvalue weighted by atomic mass is 9.80. The Labute approximate surface area is 63.5 Å². The van der Waals surface area contributed by atoms with Gasteiger partial charge in [-0.1, -0.05) is 0 Å². The van der Waals surface area contributed by atoms with Crippen molar-refractivity contribution in [2.75, 3.05) is 6.61 Å². The van der Waals surface area contributed by atoms with Crippen molar-refractivity contribution in [2.45, 2.75) is 31.6 Å². The molecule has 0 amide bonds. The van der Waals surface area contributed by atoms with Crippen molar-refractivity contribution in [3.63, 3.8) is 0 Å². The Balaban J connectivity index is 2.41. The van der Waals surface area contributed by atoms with Gasteiger partial charge in [0.2, 0.25) is 5.67 Å². The summed E-state index contributed by atoms with van der Waals surface area (Å²) in [6.45, 7) is 1.73. The molecule has 0 spiro atoms. The molecule has 1 saturated carbocycles. The number of hydrogen-bond acceptors (Lipinski definition) is 2.